The fourth-order valence-electron chi connectivity index (χ4n) is 9.66. The average molecular weight is 723 g/mol. The van der Waals surface area contributed by atoms with Crippen molar-refractivity contribution in [1.29, 1.82) is 0 Å². The van der Waals surface area contributed by atoms with Gasteiger partial charge in [0.25, 0.3) is 0 Å². The van der Waals surface area contributed by atoms with Crippen LogP contribution in [0, 0.1) is 0 Å². The molecule has 6 aromatic carbocycles. The Morgan fingerprint density at radius 1 is 0.571 bits per heavy atom. The molecule has 12 rings (SSSR count). The zero-order valence-corrected chi connectivity index (χ0v) is 31.4. The van der Waals surface area contributed by atoms with Crippen molar-refractivity contribution in [3.8, 4) is 50.5 Å². The van der Waals surface area contributed by atoms with E-state index in [1.807, 2.05) is 0 Å². The minimum atomic E-state index is -0.280. The molecule has 4 nitrogen and oxygen atoms in total. The van der Waals surface area contributed by atoms with Crippen LogP contribution in [-0.4, -0.2) is 9.55 Å². The monoisotopic (exact) mass is 722 g/mol. The largest absolute Gasteiger partial charge is 0.460 e. The van der Waals surface area contributed by atoms with E-state index in [1.165, 1.54) is 66.4 Å². The second kappa shape index (κ2) is 11.7. The van der Waals surface area contributed by atoms with Crippen LogP contribution >= 0.6 is 0 Å². The second-order valence-corrected chi connectivity index (χ2v) is 16.1. The number of aromatic nitrogens is 2. The summed E-state index contributed by atoms with van der Waals surface area (Å²) >= 11 is 0. The molecule has 0 radical (unpaired) electrons. The molecule has 0 bridgehead atoms. The standard InChI is InChI=1S/C52H38N2O2/c1-52(2)41-28-34(32-21-24-48-39(26-32)36-14-6-10-18-46(36)55-48)20-23-38(41)50-42(52)29-35(33-22-25-49-40(27-33)37-15-7-11-19-47(37)56-49)30-45(50)54-44-17-9-8-16-43(44)53-51(54)31-12-4-3-5-13-31/h3-9,12-17,20-30H,10-11,18-19H2,1-2H3. The highest BCUT2D eigenvalue weighted by Crippen LogP contribution is 2.54. The van der Waals surface area contributed by atoms with Gasteiger partial charge in [0, 0.05) is 51.3 Å². The number of aryl methyl sites for hydroxylation is 2. The number of allylic oxidation sites excluding steroid dienone is 2. The van der Waals surface area contributed by atoms with E-state index in [1.54, 1.807) is 0 Å². The molecule has 56 heavy (non-hydrogen) atoms. The lowest BCUT2D eigenvalue weighted by Crippen LogP contribution is -2.15. The molecule has 3 aliphatic carbocycles. The molecule has 0 unspecified atom stereocenters. The van der Waals surface area contributed by atoms with Crippen LogP contribution in [-0.2, 0) is 18.3 Å². The van der Waals surface area contributed by atoms with Crippen molar-refractivity contribution >= 4 is 45.1 Å². The molecule has 0 saturated heterocycles. The van der Waals surface area contributed by atoms with Crippen LogP contribution in [0.15, 0.2) is 142 Å². The summed E-state index contributed by atoms with van der Waals surface area (Å²) in [7, 11) is 0. The van der Waals surface area contributed by atoms with E-state index in [9.17, 15) is 0 Å². The molecular formula is C52H38N2O2. The summed E-state index contributed by atoms with van der Waals surface area (Å²) in [5.74, 6) is 3.12. The molecule has 4 heteroatoms. The Hall–Kier alpha value is -6.65. The van der Waals surface area contributed by atoms with Gasteiger partial charge in [-0.05, 0) is 106 Å². The first-order valence-corrected chi connectivity index (χ1v) is 19.8. The number of hydrogen-bond donors (Lipinski definition) is 0. The van der Waals surface area contributed by atoms with Crippen LogP contribution in [0.1, 0.15) is 60.5 Å². The van der Waals surface area contributed by atoms with Crippen molar-refractivity contribution in [3.05, 3.63) is 167 Å². The van der Waals surface area contributed by atoms with E-state index in [2.05, 4.69) is 164 Å². The highest BCUT2D eigenvalue weighted by molar-refractivity contribution is 5.98. The lowest BCUT2D eigenvalue weighted by atomic mass is 9.80. The first kappa shape index (κ1) is 31.7. The Bertz CT molecular complexity index is 3160. The molecule has 0 aliphatic heterocycles. The van der Waals surface area contributed by atoms with Crippen LogP contribution in [0.3, 0.4) is 0 Å². The average Bonchev–Trinajstić information content (AvgIpc) is 3.98. The van der Waals surface area contributed by atoms with Gasteiger partial charge in [0.1, 0.15) is 28.5 Å². The second-order valence-electron chi connectivity index (χ2n) is 16.1. The van der Waals surface area contributed by atoms with E-state index in [4.69, 9.17) is 13.8 Å². The molecule has 0 spiro atoms. The van der Waals surface area contributed by atoms with E-state index in [0.717, 1.165) is 76.5 Å². The first-order valence-electron chi connectivity index (χ1n) is 19.8. The van der Waals surface area contributed by atoms with Crippen LogP contribution < -0.4 is 0 Å². The Labute approximate surface area is 325 Å². The molecule has 0 amide bonds. The maximum atomic E-state index is 6.35. The fourth-order valence-corrected chi connectivity index (χ4v) is 9.66. The van der Waals surface area contributed by atoms with Gasteiger partial charge >= 0.3 is 0 Å². The molecule has 0 N–H and O–H groups in total. The maximum Gasteiger partial charge on any atom is 0.145 e. The summed E-state index contributed by atoms with van der Waals surface area (Å²) in [4.78, 5) is 5.30. The Morgan fingerprint density at radius 2 is 1.18 bits per heavy atom. The molecule has 0 fully saturated rings. The minimum Gasteiger partial charge on any atom is -0.460 e. The summed E-state index contributed by atoms with van der Waals surface area (Å²) in [6.07, 6.45) is 12.9. The quantitative estimate of drug-likeness (QED) is 0.182. The third kappa shape index (κ3) is 4.56. The molecular weight excluding hydrogens is 685 g/mol. The number of nitrogens with zero attached hydrogens (tertiary/aromatic N) is 2. The Balaban J connectivity index is 1.10. The van der Waals surface area contributed by atoms with Crippen LogP contribution in [0.25, 0.3) is 95.6 Å². The number of furan rings is 2. The zero-order chi connectivity index (χ0) is 37.1. The van der Waals surface area contributed by atoms with E-state index in [0.29, 0.717) is 0 Å². The Morgan fingerprint density at radius 3 is 1.89 bits per heavy atom. The lowest BCUT2D eigenvalue weighted by molar-refractivity contribution is 0.546. The predicted octanol–water partition coefficient (Wildman–Crippen LogP) is 13.7. The van der Waals surface area contributed by atoms with Gasteiger partial charge in [-0.15, -0.1) is 0 Å². The third-order valence-corrected chi connectivity index (χ3v) is 12.5. The van der Waals surface area contributed by atoms with Gasteiger partial charge in [-0.2, -0.15) is 0 Å². The van der Waals surface area contributed by atoms with Crippen LogP contribution in [0.2, 0.25) is 0 Å². The van der Waals surface area contributed by atoms with E-state index in [-0.39, 0.29) is 5.41 Å². The van der Waals surface area contributed by atoms with Gasteiger partial charge in [0.05, 0.1) is 16.7 Å². The van der Waals surface area contributed by atoms with Crippen molar-refractivity contribution in [1.82, 2.24) is 9.55 Å². The molecule has 3 aromatic heterocycles. The van der Waals surface area contributed by atoms with Gasteiger partial charge < -0.3 is 8.83 Å². The summed E-state index contributed by atoms with van der Waals surface area (Å²) in [6, 6.07) is 44.4. The highest BCUT2D eigenvalue weighted by atomic mass is 16.3. The van der Waals surface area contributed by atoms with Gasteiger partial charge in [0.15, 0.2) is 0 Å². The zero-order valence-electron chi connectivity index (χ0n) is 31.4. The predicted molar refractivity (Wildman–Crippen MR) is 229 cm³/mol. The highest BCUT2D eigenvalue weighted by Gasteiger charge is 2.39. The minimum absolute atomic E-state index is 0.280. The SMILES string of the molecule is CC1(C)c2cc(-c3ccc4oc5c(c4c3)C=CCC5)ccc2-c2c(-n3c(-c4ccccc4)nc4ccccc43)cc(-c3ccc4oc5c(c4c3)C=CCC5)cc21. The van der Waals surface area contributed by atoms with Crippen molar-refractivity contribution in [2.24, 2.45) is 0 Å². The van der Waals surface area contributed by atoms with Crippen molar-refractivity contribution in [2.45, 2.75) is 44.9 Å². The smallest absolute Gasteiger partial charge is 0.145 e. The maximum absolute atomic E-state index is 6.35. The van der Waals surface area contributed by atoms with E-state index >= 15 is 0 Å². The third-order valence-electron chi connectivity index (χ3n) is 12.5. The molecule has 0 saturated carbocycles. The molecule has 3 heterocycles. The number of para-hydroxylation sites is 2. The van der Waals surface area contributed by atoms with Crippen LogP contribution in [0.5, 0.6) is 0 Å². The van der Waals surface area contributed by atoms with E-state index < -0.39 is 0 Å². The molecule has 0 atom stereocenters. The van der Waals surface area contributed by atoms with Crippen molar-refractivity contribution in [2.75, 3.05) is 0 Å². The van der Waals surface area contributed by atoms with Gasteiger partial charge in [-0.3, -0.25) is 4.57 Å². The van der Waals surface area contributed by atoms with Crippen LogP contribution in [0.4, 0.5) is 0 Å². The number of imidazole rings is 1. The topological polar surface area (TPSA) is 44.1 Å². The van der Waals surface area contributed by atoms with Crippen molar-refractivity contribution < 1.29 is 8.83 Å². The Kier molecular flexibility index (Phi) is 6.60. The number of fused-ring (bicyclic) bond motifs is 10. The summed E-state index contributed by atoms with van der Waals surface area (Å²) in [6.45, 7) is 4.78. The number of hydrogen-bond acceptors (Lipinski definition) is 3. The molecule has 3 aliphatic rings. The normalized spacial score (nSPS) is 15.0. The molecule has 9 aromatic rings. The summed E-state index contributed by atoms with van der Waals surface area (Å²) < 4.78 is 15.0. The van der Waals surface area contributed by atoms with Crippen molar-refractivity contribution in [3.63, 3.8) is 0 Å². The summed E-state index contributed by atoms with van der Waals surface area (Å²) in [5.41, 5.74) is 18.3. The van der Waals surface area contributed by atoms with Gasteiger partial charge in [-0.1, -0.05) is 105 Å². The summed E-state index contributed by atoms with van der Waals surface area (Å²) in [5, 5.41) is 2.36. The fraction of sp³-hybridized carbons (Fsp3) is 0.135. The van der Waals surface area contributed by atoms with Gasteiger partial charge in [0.2, 0.25) is 0 Å². The van der Waals surface area contributed by atoms with Gasteiger partial charge in [-0.25, -0.2) is 4.98 Å². The first-order chi connectivity index (χ1) is 27.5. The lowest BCUT2D eigenvalue weighted by Gasteiger charge is -2.24. The number of benzene rings is 6. The molecule has 268 valence electrons. The number of rotatable bonds is 4.